The molecule has 0 bridgehead atoms. The summed E-state index contributed by atoms with van der Waals surface area (Å²) in [4.78, 5) is 14.2. The number of para-hydroxylation sites is 1. The summed E-state index contributed by atoms with van der Waals surface area (Å²) in [5.74, 6) is 0.241. The number of hydrogen-bond acceptors (Lipinski definition) is 3. The van der Waals surface area contributed by atoms with Gasteiger partial charge >= 0.3 is 0 Å². The molecular formula is C21H18N2O2. The molecule has 1 aliphatic rings. The third-order valence-electron chi connectivity index (χ3n) is 4.42. The monoisotopic (exact) mass is 330 g/mol. The van der Waals surface area contributed by atoms with Crippen molar-refractivity contribution in [3.05, 3.63) is 83.9 Å². The third kappa shape index (κ3) is 3.06. The molecule has 1 amide bonds. The predicted molar refractivity (Wildman–Crippen MR) is 98.5 cm³/mol. The van der Waals surface area contributed by atoms with E-state index in [1.165, 1.54) is 0 Å². The van der Waals surface area contributed by atoms with Crippen LogP contribution in [0.5, 0.6) is 5.75 Å². The number of aromatic hydroxyl groups is 1. The lowest BCUT2D eigenvalue weighted by molar-refractivity contribution is 0.0947. The zero-order valence-electron chi connectivity index (χ0n) is 13.6. The van der Waals surface area contributed by atoms with E-state index in [1.807, 2.05) is 42.5 Å². The van der Waals surface area contributed by atoms with Gasteiger partial charge in [0.1, 0.15) is 5.75 Å². The van der Waals surface area contributed by atoms with E-state index in [2.05, 4.69) is 28.4 Å². The number of nitrogens with one attached hydrogen (secondary N) is 1. The maximum absolute atomic E-state index is 12.0. The van der Waals surface area contributed by atoms with Crippen molar-refractivity contribution in [2.24, 2.45) is 0 Å². The topological polar surface area (TPSA) is 52.6 Å². The van der Waals surface area contributed by atoms with Crippen LogP contribution in [0, 0.1) is 0 Å². The van der Waals surface area contributed by atoms with Crippen molar-refractivity contribution in [2.45, 2.75) is 6.54 Å². The Hall–Kier alpha value is -3.27. The number of phenols is 1. The van der Waals surface area contributed by atoms with E-state index in [1.54, 1.807) is 12.1 Å². The minimum Gasteiger partial charge on any atom is -0.508 e. The number of amides is 1. The first-order valence-corrected chi connectivity index (χ1v) is 8.21. The summed E-state index contributed by atoms with van der Waals surface area (Å²) in [5, 5.41) is 12.4. The fourth-order valence-corrected chi connectivity index (χ4v) is 3.15. The minimum absolute atomic E-state index is 0.0234. The van der Waals surface area contributed by atoms with E-state index >= 15 is 0 Å². The molecule has 0 radical (unpaired) electrons. The van der Waals surface area contributed by atoms with E-state index in [4.69, 9.17) is 0 Å². The SMILES string of the molecule is O=C1NCN(Cc2cccc(-c3ccc(O)cc3)c2)c2ccccc21. The molecular weight excluding hydrogens is 312 g/mol. The number of phenolic OH excluding ortho intramolecular Hbond substituents is 1. The highest BCUT2D eigenvalue weighted by Gasteiger charge is 2.21. The zero-order chi connectivity index (χ0) is 17.2. The lowest BCUT2D eigenvalue weighted by atomic mass is 10.0. The number of anilines is 1. The molecule has 25 heavy (non-hydrogen) atoms. The summed E-state index contributed by atoms with van der Waals surface area (Å²) in [7, 11) is 0. The molecule has 0 aromatic heterocycles. The van der Waals surface area contributed by atoms with E-state index in [9.17, 15) is 9.90 Å². The number of fused-ring (bicyclic) bond motifs is 1. The molecule has 124 valence electrons. The van der Waals surface area contributed by atoms with E-state index in [-0.39, 0.29) is 11.7 Å². The molecule has 0 unspecified atom stereocenters. The van der Waals surface area contributed by atoms with Crippen LogP contribution in [0.2, 0.25) is 0 Å². The summed E-state index contributed by atoms with van der Waals surface area (Å²) in [6.07, 6.45) is 0. The molecule has 3 aromatic rings. The van der Waals surface area contributed by atoms with Gasteiger partial charge in [0.25, 0.3) is 5.91 Å². The van der Waals surface area contributed by atoms with Crippen molar-refractivity contribution in [1.82, 2.24) is 5.32 Å². The van der Waals surface area contributed by atoms with E-state index in [0.717, 1.165) is 22.4 Å². The van der Waals surface area contributed by atoms with Crippen LogP contribution in [0.3, 0.4) is 0 Å². The van der Waals surface area contributed by atoms with Crippen LogP contribution in [0.1, 0.15) is 15.9 Å². The zero-order valence-corrected chi connectivity index (χ0v) is 13.6. The van der Waals surface area contributed by atoms with E-state index in [0.29, 0.717) is 18.8 Å². The first kappa shape index (κ1) is 15.3. The summed E-state index contributed by atoms with van der Waals surface area (Å²) in [6, 6.07) is 23.2. The van der Waals surface area contributed by atoms with Crippen LogP contribution in [0.4, 0.5) is 5.69 Å². The van der Waals surface area contributed by atoms with Gasteiger partial charge in [0, 0.05) is 6.54 Å². The summed E-state index contributed by atoms with van der Waals surface area (Å²) < 4.78 is 0. The third-order valence-corrected chi connectivity index (χ3v) is 4.42. The van der Waals surface area contributed by atoms with Crippen LogP contribution in [-0.2, 0) is 6.54 Å². The number of benzene rings is 3. The Balaban J connectivity index is 1.62. The number of carbonyl (C=O) groups excluding carboxylic acids is 1. The molecule has 1 aliphatic heterocycles. The van der Waals surface area contributed by atoms with Gasteiger partial charge in [0.2, 0.25) is 0 Å². The minimum atomic E-state index is -0.0234. The second kappa shape index (κ2) is 6.32. The molecule has 0 atom stereocenters. The molecule has 3 aromatic carbocycles. The molecule has 2 N–H and O–H groups in total. The first-order valence-electron chi connectivity index (χ1n) is 8.21. The van der Waals surface area contributed by atoms with Crippen LogP contribution >= 0.6 is 0 Å². The fourth-order valence-electron chi connectivity index (χ4n) is 3.15. The smallest absolute Gasteiger partial charge is 0.254 e. The summed E-state index contributed by atoms with van der Waals surface area (Å²) in [5.41, 5.74) is 5.00. The number of nitrogens with zero attached hydrogens (tertiary/aromatic N) is 1. The summed E-state index contributed by atoms with van der Waals surface area (Å²) in [6.45, 7) is 1.21. The fraction of sp³-hybridized carbons (Fsp3) is 0.0952. The molecule has 4 heteroatoms. The molecule has 0 aliphatic carbocycles. The van der Waals surface area contributed by atoms with Crippen molar-refractivity contribution in [3.63, 3.8) is 0 Å². The van der Waals surface area contributed by atoms with Gasteiger partial charge in [-0.1, -0.05) is 42.5 Å². The van der Waals surface area contributed by atoms with Gasteiger partial charge in [0.15, 0.2) is 0 Å². The Kier molecular flexibility index (Phi) is 3.86. The highest BCUT2D eigenvalue weighted by Crippen LogP contribution is 2.27. The van der Waals surface area contributed by atoms with Crippen LogP contribution in [-0.4, -0.2) is 17.7 Å². The maximum atomic E-state index is 12.0. The number of carbonyl (C=O) groups is 1. The Morgan fingerprint density at radius 1 is 0.920 bits per heavy atom. The van der Waals surface area contributed by atoms with Gasteiger partial charge in [-0.05, 0) is 47.0 Å². The largest absolute Gasteiger partial charge is 0.508 e. The molecule has 0 saturated carbocycles. The Morgan fingerprint density at radius 3 is 2.56 bits per heavy atom. The van der Waals surface area contributed by atoms with Crippen molar-refractivity contribution in [2.75, 3.05) is 11.6 Å². The van der Waals surface area contributed by atoms with Crippen LogP contribution in [0.25, 0.3) is 11.1 Å². The Morgan fingerprint density at radius 2 is 1.72 bits per heavy atom. The van der Waals surface area contributed by atoms with Gasteiger partial charge in [-0.2, -0.15) is 0 Å². The normalized spacial score (nSPS) is 13.3. The van der Waals surface area contributed by atoms with Crippen LogP contribution < -0.4 is 10.2 Å². The molecule has 0 spiro atoms. The first-order chi connectivity index (χ1) is 12.2. The van der Waals surface area contributed by atoms with Crippen molar-refractivity contribution < 1.29 is 9.90 Å². The van der Waals surface area contributed by atoms with Crippen LogP contribution in [0.15, 0.2) is 72.8 Å². The van der Waals surface area contributed by atoms with Gasteiger partial charge in [0.05, 0.1) is 17.9 Å². The second-order valence-corrected chi connectivity index (χ2v) is 6.13. The van der Waals surface area contributed by atoms with Crippen molar-refractivity contribution in [1.29, 1.82) is 0 Å². The highest BCUT2D eigenvalue weighted by atomic mass is 16.3. The average molecular weight is 330 g/mol. The number of rotatable bonds is 3. The summed E-state index contributed by atoms with van der Waals surface area (Å²) >= 11 is 0. The standard InChI is InChI=1S/C21H18N2O2/c24-18-10-8-16(9-11-18)17-5-3-4-15(12-17)13-23-14-22-21(25)19-6-1-2-7-20(19)23/h1-12,24H,13-14H2,(H,22,25). The molecule has 4 rings (SSSR count). The average Bonchev–Trinajstić information content (AvgIpc) is 2.65. The second-order valence-electron chi connectivity index (χ2n) is 6.13. The lowest BCUT2D eigenvalue weighted by Gasteiger charge is -2.31. The van der Waals surface area contributed by atoms with Crippen molar-refractivity contribution >= 4 is 11.6 Å². The quantitative estimate of drug-likeness (QED) is 0.769. The van der Waals surface area contributed by atoms with Crippen molar-refractivity contribution in [3.8, 4) is 16.9 Å². The van der Waals surface area contributed by atoms with Gasteiger partial charge < -0.3 is 15.3 Å². The molecule has 1 heterocycles. The lowest BCUT2D eigenvalue weighted by Crippen LogP contribution is -2.42. The van der Waals surface area contributed by atoms with E-state index < -0.39 is 0 Å². The molecule has 4 nitrogen and oxygen atoms in total. The molecule has 0 saturated heterocycles. The van der Waals surface area contributed by atoms with Gasteiger partial charge in [-0.15, -0.1) is 0 Å². The number of hydrogen-bond donors (Lipinski definition) is 2. The Bertz CT molecular complexity index is 919. The highest BCUT2D eigenvalue weighted by molar-refractivity contribution is 6.01. The Labute approximate surface area is 146 Å². The molecule has 0 fully saturated rings. The predicted octanol–water partition coefficient (Wildman–Crippen LogP) is 3.77. The maximum Gasteiger partial charge on any atom is 0.254 e. The van der Waals surface area contributed by atoms with Gasteiger partial charge in [-0.25, -0.2) is 0 Å². The van der Waals surface area contributed by atoms with Gasteiger partial charge in [-0.3, -0.25) is 4.79 Å².